The van der Waals surface area contributed by atoms with Gasteiger partial charge in [0.05, 0.1) is 23.3 Å². The highest BCUT2D eigenvalue weighted by Crippen LogP contribution is 2.45. The highest BCUT2D eigenvalue weighted by molar-refractivity contribution is 5.76. The van der Waals surface area contributed by atoms with Gasteiger partial charge in [-0.1, -0.05) is 13.8 Å². The Labute approximate surface area is 188 Å². The number of aromatic nitrogens is 2. The lowest BCUT2D eigenvalue weighted by molar-refractivity contribution is -0.266. The molecule has 1 atom stereocenters. The fraction of sp³-hybridized carbons (Fsp3) is 0.435. The molecule has 2 heterocycles. The number of nitrogens with zero attached hydrogens (tertiary/aromatic N) is 1. The minimum Gasteiger partial charge on any atom is -0.508 e. The van der Waals surface area contributed by atoms with Crippen LogP contribution < -0.4 is 5.32 Å². The van der Waals surface area contributed by atoms with Crippen LogP contribution in [-0.2, 0) is 18.4 Å². The van der Waals surface area contributed by atoms with E-state index in [1.54, 1.807) is 12.1 Å². The smallest absolute Gasteiger partial charge is 0.417 e. The molecule has 1 aromatic carbocycles. The summed E-state index contributed by atoms with van der Waals surface area (Å²) in [7, 11) is 0. The normalized spacial score (nSPS) is 14.5. The minimum atomic E-state index is -4.99. The summed E-state index contributed by atoms with van der Waals surface area (Å²) < 4.78 is 55.9. The molecule has 0 aliphatic heterocycles. The van der Waals surface area contributed by atoms with Crippen molar-refractivity contribution >= 4 is 11.0 Å². The molecule has 0 saturated heterocycles. The van der Waals surface area contributed by atoms with Crippen molar-refractivity contribution in [3.63, 3.8) is 0 Å². The van der Waals surface area contributed by atoms with Crippen molar-refractivity contribution in [2.45, 2.75) is 50.4 Å². The zero-order valence-electron chi connectivity index (χ0n) is 18.3. The Morgan fingerprint density at radius 1 is 1.09 bits per heavy atom. The maximum Gasteiger partial charge on any atom is 0.417 e. The molecule has 33 heavy (non-hydrogen) atoms. The Balaban J connectivity index is 1.90. The second-order valence-electron chi connectivity index (χ2n) is 8.86. The van der Waals surface area contributed by atoms with E-state index in [0.717, 1.165) is 18.2 Å². The van der Waals surface area contributed by atoms with E-state index < -0.39 is 35.9 Å². The van der Waals surface area contributed by atoms with Crippen LogP contribution in [0.5, 0.6) is 5.75 Å². The Bertz CT molecular complexity index is 1110. The lowest BCUT2D eigenvalue weighted by atomic mass is 9.73. The molecule has 180 valence electrons. The summed E-state index contributed by atoms with van der Waals surface area (Å²) >= 11 is 0. The van der Waals surface area contributed by atoms with Crippen LogP contribution in [0, 0.1) is 5.82 Å². The first-order valence-corrected chi connectivity index (χ1v) is 10.4. The van der Waals surface area contributed by atoms with Gasteiger partial charge >= 0.3 is 6.18 Å². The standard InChI is InChI=1S/C23H27F4N3O3/c1-21(2,17-9-14(24)3-6-20(17)32)13-22(33,23(25,26)27)11-16-10-19-18(30-16)5-4-15(29-19)12-28-7-8-31/h3-6,9-10,28,30-33H,7-8,11-13H2,1-2H3. The van der Waals surface area contributed by atoms with Crippen LogP contribution >= 0.6 is 0 Å². The van der Waals surface area contributed by atoms with Gasteiger partial charge in [0, 0.05) is 30.8 Å². The van der Waals surface area contributed by atoms with Gasteiger partial charge in [-0.2, -0.15) is 13.2 Å². The van der Waals surface area contributed by atoms with E-state index in [4.69, 9.17) is 5.11 Å². The molecule has 5 N–H and O–H groups in total. The predicted octanol–water partition coefficient (Wildman–Crippen LogP) is 3.69. The summed E-state index contributed by atoms with van der Waals surface area (Å²) in [6, 6.07) is 7.91. The molecule has 1 unspecified atom stereocenters. The summed E-state index contributed by atoms with van der Waals surface area (Å²) in [5.41, 5.74) is -2.83. The molecule has 0 fully saturated rings. The fourth-order valence-corrected chi connectivity index (χ4v) is 4.05. The number of halogens is 4. The second kappa shape index (κ2) is 9.28. The molecule has 0 saturated carbocycles. The summed E-state index contributed by atoms with van der Waals surface area (Å²) in [4.78, 5) is 7.26. The minimum absolute atomic E-state index is 0.0245. The first-order valence-electron chi connectivity index (χ1n) is 10.4. The largest absolute Gasteiger partial charge is 0.508 e. The number of benzene rings is 1. The van der Waals surface area contributed by atoms with E-state index in [2.05, 4.69) is 15.3 Å². The van der Waals surface area contributed by atoms with Crippen molar-refractivity contribution in [3.8, 4) is 5.75 Å². The number of alkyl halides is 3. The number of aliphatic hydroxyl groups is 2. The van der Waals surface area contributed by atoms with E-state index in [9.17, 15) is 27.8 Å². The van der Waals surface area contributed by atoms with E-state index in [1.807, 2.05) is 0 Å². The van der Waals surface area contributed by atoms with Gasteiger partial charge in [-0.25, -0.2) is 9.37 Å². The number of pyridine rings is 1. The van der Waals surface area contributed by atoms with Crippen LogP contribution in [0.4, 0.5) is 17.6 Å². The van der Waals surface area contributed by atoms with Gasteiger partial charge < -0.3 is 25.6 Å². The van der Waals surface area contributed by atoms with E-state index in [0.29, 0.717) is 29.8 Å². The van der Waals surface area contributed by atoms with Gasteiger partial charge in [0.15, 0.2) is 5.60 Å². The third kappa shape index (κ3) is 5.63. The van der Waals surface area contributed by atoms with Crippen LogP contribution in [0.1, 0.15) is 37.2 Å². The highest BCUT2D eigenvalue weighted by atomic mass is 19.4. The van der Waals surface area contributed by atoms with Crippen molar-refractivity contribution in [2.75, 3.05) is 13.2 Å². The predicted molar refractivity (Wildman–Crippen MR) is 115 cm³/mol. The summed E-state index contributed by atoms with van der Waals surface area (Å²) in [6.45, 7) is 3.56. The molecule has 0 spiro atoms. The number of hydrogen-bond donors (Lipinski definition) is 5. The molecular weight excluding hydrogens is 442 g/mol. The number of phenols is 1. The van der Waals surface area contributed by atoms with Gasteiger partial charge in [-0.15, -0.1) is 0 Å². The number of H-pyrrole nitrogens is 1. The average molecular weight is 469 g/mol. The van der Waals surface area contributed by atoms with Crippen LogP contribution in [-0.4, -0.2) is 50.2 Å². The Kier molecular flexibility index (Phi) is 7.01. The van der Waals surface area contributed by atoms with Crippen molar-refractivity contribution in [1.29, 1.82) is 0 Å². The number of phenolic OH excluding ortho intramolecular Hbond substituents is 1. The summed E-state index contributed by atoms with van der Waals surface area (Å²) in [6.07, 6.45) is -6.57. The number of nitrogens with one attached hydrogen (secondary N) is 2. The SMILES string of the molecule is CC(C)(CC(O)(Cc1cc2nc(CNCCO)ccc2[nH]1)C(F)(F)F)c1cc(F)ccc1O. The average Bonchev–Trinajstić information content (AvgIpc) is 3.09. The quantitative estimate of drug-likeness (QED) is 0.243. The molecule has 3 rings (SSSR count). The zero-order chi connectivity index (χ0) is 24.4. The molecule has 0 amide bonds. The monoisotopic (exact) mass is 469 g/mol. The molecule has 2 aromatic heterocycles. The van der Waals surface area contributed by atoms with Crippen molar-refractivity contribution < 1.29 is 32.9 Å². The highest BCUT2D eigenvalue weighted by Gasteiger charge is 2.56. The van der Waals surface area contributed by atoms with Crippen LogP contribution in [0.15, 0.2) is 36.4 Å². The van der Waals surface area contributed by atoms with Crippen LogP contribution in [0.2, 0.25) is 0 Å². The van der Waals surface area contributed by atoms with Crippen molar-refractivity contribution in [3.05, 3.63) is 59.2 Å². The molecule has 3 aromatic rings. The number of aromatic hydroxyl groups is 1. The molecular formula is C23H27F4N3O3. The number of hydrogen-bond acceptors (Lipinski definition) is 5. The fourth-order valence-electron chi connectivity index (χ4n) is 4.05. The van der Waals surface area contributed by atoms with Gasteiger partial charge in [-0.05, 0) is 48.2 Å². The van der Waals surface area contributed by atoms with Crippen molar-refractivity contribution in [1.82, 2.24) is 15.3 Å². The van der Waals surface area contributed by atoms with Crippen LogP contribution in [0.3, 0.4) is 0 Å². The first-order chi connectivity index (χ1) is 15.3. The lowest BCUT2D eigenvalue weighted by Gasteiger charge is -2.38. The summed E-state index contributed by atoms with van der Waals surface area (Å²) in [5, 5.41) is 32.7. The molecule has 0 bridgehead atoms. The molecule has 10 heteroatoms. The van der Waals surface area contributed by atoms with E-state index >= 15 is 0 Å². The third-order valence-corrected chi connectivity index (χ3v) is 5.62. The van der Waals surface area contributed by atoms with Gasteiger partial charge in [-0.3, -0.25) is 0 Å². The molecule has 0 aliphatic carbocycles. The molecule has 6 nitrogen and oxygen atoms in total. The first kappa shape index (κ1) is 24.9. The Morgan fingerprint density at radius 3 is 2.48 bits per heavy atom. The number of rotatable bonds is 9. The van der Waals surface area contributed by atoms with Crippen LogP contribution in [0.25, 0.3) is 11.0 Å². The van der Waals surface area contributed by atoms with Crippen molar-refractivity contribution in [2.24, 2.45) is 0 Å². The van der Waals surface area contributed by atoms with E-state index in [-0.39, 0.29) is 23.6 Å². The third-order valence-electron chi connectivity index (χ3n) is 5.62. The molecule has 0 aliphatic rings. The zero-order valence-corrected chi connectivity index (χ0v) is 18.3. The second-order valence-corrected chi connectivity index (χ2v) is 8.86. The number of aromatic amines is 1. The number of aliphatic hydroxyl groups excluding tert-OH is 1. The lowest BCUT2D eigenvalue weighted by Crippen LogP contribution is -2.50. The number of fused-ring (bicyclic) bond motifs is 1. The molecule has 0 radical (unpaired) electrons. The topological polar surface area (TPSA) is 101 Å². The Hall–Kier alpha value is -2.69. The van der Waals surface area contributed by atoms with E-state index in [1.165, 1.54) is 19.9 Å². The maximum absolute atomic E-state index is 14.1. The van der Waals surface area contributed by atoms with Gasteiger partial charge in [0.2, 0.25) is 0 Å². The van der Waals surface area contributed by atoms with Gasteiger partial charge in [0.25, 0.3) is 0 Å². The van der Waals surface area contributed by atoms with Gasteiger partial charge in [0.1, 0.15) is 11.6 Å². The Morgan fingerprint density at radius 2 is 1.82 bits per heavy atom. The maximum atomic E-state index is 14.1. The summed E-state index contributed by atoms with van der Waals surface area (Å²) in [5.74, 6) is -1.04.